The highest BCUT2D eigenvalue weighted by Crippen LogP contribution is 2.36. The molecule has 0 aliphatic carbocycles. The third kappa shape index (κ3) is 4.44. The number of nitrogens with one attached hydrogen (secondary N) is 1. The van der Waals surface area contributed by atoms with E-state index in [-0.39, 0.29) is 5.91 Å². The summed E-state index contributed by atoms with van der Waals surface area (Å²) in [4.78, 5) is 18.4. The van der Waals surface area contributed by atoms with E-state index in [1.54, 1.807) is 7.11 Å². The van der Waals surface area contributed by atoms with Crippen molar-refractivity contribution >= 4 is 45.4 Å². The van der Waals surface area contributed by atoms with Gasteiger partial charge in [-0.05, 0) is 43.2 Å². The Hall–Kier alpha value is -3.91. The first kappa shape index (κ1) is 22.9. The average molecular weight is 484 g/mol. The van der Waals surface area contributed by atoms with Crippen LogP contribution in [0, 0.1) is 6.92 Å². The minimum atomic E-state index is -0.583. The molecule has 5 rings (SSSR count). The number of hydrogen-bond acceptors (Lipinski definition) is 6. The molecule has 3 aromatic carbocycles. The molecule has 0 bridgehead atoms. The molecule has 0 saturated carbocycles. The predicted molar refractivity (Wildman–Crippen MR) is 140 cm³/mol. The number of aromatic nitrogens is 4. The van der Waals surface area contributed by atoms with Crippen LogP contribution in [0.25, 0.3) is 22.1 Å². The lowest BCUT2D eigenvalue weighted by molar-refractivity contribution is -0.115. The molecular weight excluding hydrogens is 458 g/mol. The maximum absolute atomic E-state index is 13.6. The first-order valence-corrected chi connectivity index (χ1v) is 12.3. The Morgan fingerprint density at radius 3 is 2.60 bits per heavy atom. The van der Waals surface area contributed by atoms with Crippen molar-refractivity contribution in [2.45, 2.75) is 30.8 Å². The van der Waals surface area contributed by atoms with Crippen molar-refractivity contribution in [3.8, 4) is 5.75 Å². The van der Waals surface area contributed by atoms with Crippen LogP contribution in [0.3, 0.4) is 0 Å². The van der Waals surface area contributed by atoms with Crippen molar-refractivity contribution in [1.82, 2.24) is 19.7 Å². The summed E-state index contributed by atoms with van der Waals surface area (Å²) in [7, 11) is 1.59. The molecule has 1 unspecified atom stereocenters. The van der Waals surface area contributed by atoms with E-state index in [1.807, 2.05) is 73.7 Å². The van der Waals surface area contributed by atoms with Crippen molar-refractivity contribution in [3.63, 3.8) is 0 Å². The number of hydrogen-bond donors (Lipinski definition) is 1. The van der Waals surface area contributed by atoms with Gasteiger partial charge in [0.15, 0.2) is 5.65 Å². The van der Waals surface area contributed by atoms with E-state index in [0.29, 0.717) is 16.6 Å². The summed E-state index contributed by atoms with van der Waals surface area (Å²) in [5.74, 6) is 0.414. The van der Waals surface area contributed by atoms with Gasteiger partial charge in [-0.3, -0.25) is 4.79 Å². The van der Waals surface area contributed by atoms with Gasteiger partial charge in [0.25, 0.3) is 0 Å². The lowest BCUT2D eigenvalue weighted by Crippen LogP contribution is -2.20. The standard InChI is InChI=1S/C27H25N5O2S/c1-4-32-21-13-9-8-12-19(21)23-25(32)29-27(31-30-23)35-24(18-10-6-5-7-11-18)26(33)28-20-16-17(2)14-15-22(20)34-3/h5-16,24H,4H2,1-3H3,(H,28,33). The molecule has 1 amide bonds. The van der Waals surface area contributed by atoms with Crippen molar-refractivity contribution < 1.29 is 9.53 Å². The van der Waals surface area contributed by atoms with Gasteiger partial charge < -0.3 is 14.6 Å². The first-order valence-electron chi connectivity index (χ1n) is 11.4. The Kier molecular flexibility index (Phi) is 6.37. The first-order chi connectivity index (χ1) is 17.1. The highest BCUT2D eigenvalue weighted by molar-refractivity contribution is 8.00. The summed E-state index contributed by atoms with van der Waals surface area (Å²) in [6.07, 6.45) is 0. The van der Waals surface area contributed by atoms with Gasteiger partial charge in [-0.2, -0.15) is 0 Å². The molecule has 0 aliphatic heterocycles. The van der Waals surface area contributed by atoms with Crippen LogP contribution < -0.4 is 10.1 Å². The number of carbonyl (C=O) groups excluding carboxylic acids is 1. The number of nitrogens with zero attached hydrogens (tertiary/aromatic N) is 4. The Bertz CT molecular complexity index is 1520. The van der Waals surface area contributed by atoms with E-state index in [4.69, 9.17) is 9.72 Å². The molecule has 0 spiro atoms. The third-order valence-corrected chi connectivity index (χ3v) is 6.95. The van der Waals surface area contributed by atoms with Crippen molar-refractivity contribution in [3.05, 3.63) is 83.9 Å². The van der Waals surface area contributed by atoms with Crippen LogP contribution in [0.4, 0.5) is 5.69 Å². The molecule has 1 atom stereocenters. The van der Waals surface area contributed by atoms with Crippen molar-refractivity contribution in [2.75, 3.05) is 12.4 Å². The fourth-order valence-electron chi connectivity index (χ4n) is 4.18. The largest absolute Gasteiger partial charge is 0.495 e. The van der Waals surface area contributed by atoms with Crippen LogP contribution in [0.15, 0.2) is 78.0 Å². The smallest absolute Gasteiger partial charge is 0.242 e. The molecule has 0 fully saturated rings. The lowest BCUT2D eigenvalue weighted by Gasteiger charge is -2.17. The topological polar surface area (TPSA) is 81.9 Å². The van der Waals surface area contributed by atoms with Crippen LogP contribution in [-0.2, 0) is 11.3 Å². The molecule has 35 heavy (non-hydrogen) atoms. The second-order valence-electron chi connectivity index (χ2n) is 8.13. The number of benzene rings is 3. The highest BCUT2D eigenvalue weighted by Gasteiger charge is 2.25. The molecule has 1 N–H and O–H groups in total. The molecule has 176 valence electrons. The van der Waals surface area contributed by atoms with Crippen LogP contribution in [0.1, 0.15) is 23.3 Å². The van der Waals surface area contributed by atoms with E-state index in [1.165, 1.54) is 11.8 Å². The maximum Gasteiger partial charge on any atom is 0.242 e. The fourth-order valence-corrected chi connectivity index (χ4v) is 5.08. The van der Waals surface area contributed by atoms with E-state index in [9.17, 15) is 4.79 Å². The average Bonchev–Trinajstić information content (AvgIpc) is 3.20. The van der Waals surface area contributed by atoms with Gasteiger partial charge in [0.05, 0.1) is 18.3 Å². The van der Waals surface area contributed by atoms with Crippen LogP contribution in [0.5, 0.6) is 5.75 Å². The number of amides is 1. The Labute approximate surface area is 207 Å². The van der Waals surface area contributed by atoms with E-state index in [0.717, 1.165) is 39.7 Å². The summed E-state index contributed by atoms with van der Waals surface area (Å²) in [6.45, 7) is 4.80. The number of para-hydroxylation sites is 1. The third-order valence-electron chi connectivity index (χ3n) is 5.85. The van der Waals surface area contributed by atoms with Gasteiger partial charge in [0, 0.05) is 11.9 Å². The molecule has 8 heteroatoms. The fraction of sp³-hybridized carbons (Fsp3) is 0.185. The zero-order chi connectivity index (χ0) is 24.4. The second-order valence-corrected chi connectivity index (χ2v) is 9.20. The molecule has 0 aliphatic rings. The predicted octanol–water partition coefficient (Wildman–Crippen LogP) is 5.79. The SMILES string of the molecule is CCn1c2ccccc2c2nnc(SC(C(=O)Nc3cc(C)ccc3OC)c3ccccc3)nc21. The van der Waals surface area contributed by atoms with Gasteiger partial charge in [-0.25, -0.2) is 4.98 Å². The normalized spacial score (nSPS) is 12.1. The summed E-state index contributed by atoms with van der Waals surface area (Å²) in [6, 6.07) is 23.4. The number of ether oxygens (including phenoxy) is 1. The van der Waals surface area contributed by atoms with Gasteiger partial charge in [0.2, 0.25) is 11.1 Å². The minimum Gasteiger partial charge on any atom is -0.495 e. The number of rotatable bonds is 7. The number of anilines is 1. The summed E-state index contributed by atoms with van der Waals surface area (Å²) < 4.78 is 7.57. The zero-order valence-electron chi connectivity index (χ0n) is 19.7. The molecule has 2 aromatic heterocycles. The van der Waals surface area contributed by atoms with Crippen molar-refractivity contribution in [1.29, 1.82) is 0 Å². The lowest BCUT2D eigenvalue weighted by atomic mass is 10.1. The monoisotopic (exact) mass is 483 g/mol. The van der Waals surface area contributed by atoms with Crippen molar-refractivity contribution in [2.24, 2.45) is 0 Å². The minimum absolute atomic E-state index is 0.190. The number of fused-ring (bicyclic) bond motifs is 3. The van der Waals surface area contributed by atoms with E-state index >= 15 is 0 Å². The van der Waals surface area contributed by atoms with Crippen LogP contribution >= 0.6 is 11.8 Å². The quantitative estimate of drug-likeness (QED) is 0.295. The second kappa shape index (κ2) is 9.76. The van der Waals surface area contributed by atoms with Crippen LogP contribution in [0.2, 0.25) is 0 Å². The molecular formula is C27H25N5O2S. The number of carbonyl (C=O) groups is 1. The molecule has 2 heterocycles. The molecule has 5 aromatic rings. The summed E-state index contributed by atoms with van der Waals surface area (Å²) >= 11 is 1.28. The Balaban J connectivity index is 1.53. The van der Waals surface area contributed by atoms with E-state index in [2.05, 4.69) is 33.1 Å². The Morgan fingerprint density at radius 1 is 1.06 bits per heavy atom. The Morgan fingerprint density at radius 2 is 1.83 bits per heavy atom. The number of methoxy groups -OCH3 is 1. The van der Waals surface area contributed by atoms with Gasteiger partial charge in [0.1, 0.15) is 16.5 Å². The van der Waals surface area contributed by atoms with Gasteiger partial charge in [-0.15, -0.1) is 10.2 Å². The maximum atomic E-state index is 13.6. The number of aryl methyl sites for hydroxylation is 2. The molecule has 7 nitrogen and oxygen atoms in total. The molecule has 0 radical (unpaired) electrons. The number of thioether (sulfide) groups is 1. The molecule has 0 saturated heterocycles. The van der Waals surface area contributed by atoms with Crippen LogP contribution in [-0.4, -0.2) is 32.8 Å². The van der Waals surface area contributed by atoms with Gasteiger partial charge >= 0.3 is 0 Å². The highest BCUT2D eigenvalue weighted by atomic mass is 32.2. The van der Waals surface area contributed by atoms with Gasteiger partial charge in [-0.1, -0.05) is 66.4 Å². The zero-order valence-corrected chi connectivity index (χ0v) is 20.5. The summed E-state index contributed by atoms with van der Waals surface area (Å²) in [5, 5.41) is 12.8. The van der Waals surface area contributed by atoms with E-state index < -0.39 is 5.25 Å². The summed E-state index contributed by atoms with van der Waals surface area (Å²) in [5.41, 5.74) is 5.09.